The second kappa shape index (κ2) is 29.7. The minimum absolute atomic E-state index is 0.0335. The van der Waals surface area contributed by atoms with Gasteiger partial charge in [0, 0.05) is 72.6 Å². The molecule has 0 fully saturated rings. The molecule has 0 aliphatic carbocycles. The second-order valence-electron chi connectivity index (χ2n) is 13.3. The SMILES string of the molecule is COCCOCCCNC(=O)CCC(=O)C(Cc1ccccc1)NC(=O)CCC(N)C(=O)NC(Cc1ccccc1)C(=O)CCC(=O)NCCCOCCOC. The van der Waals surface area contributed by atoms with Crippen LogP contribution in [0.1, 0.15) is 62.5 Å². The molecule has 310 valence electrons. The highest BCUT2D eigenvalue weighted by atomic mass is 16.5. The van der Waals surface area contributed by atoms with E-state index >= 15 is 0 Å². The van der Waals surface area contributed by atoms with Crippen molar-refractivity contribution < 1.29 is 47.7 Å². The molecule has 0 aliphatic rings. The highest BCUT2D eigenvalue weighted by Crippen LogP contribution is 2.10. The summed E-state index contributed by atoms with van der Waals surface area (Å²) in [5.41, 5.74) is 7.84. The van der Waals surface area contributed by atoms with Crippen LogP contribution in [0.3, 0.4) is 0 Å². The minimum Gasteiger partial charge on any atom is -0.382 e. The number of benzene rings is 2. The molecule has 2 rings (SSSR count). The van der Waals surface area contributed by atoms with Crippen molar-refractivity contribution in [2.45, 2.75) is 82.3 Å². The van der Waals surface area contributed by atoms with Gasteiger partial charge in [-0.25, -0.2) is 0 Å². The first-order chi connectivity index (χ1) is 27.1. The molecule has 6 N–H and O–H groups in total. The Kier molecular flexibility index (Phi) is 25.3. The van der Waals surface area contributed by atoms with Crippen LogP contribution >= 0.6 is 0 Å². The van der Waals surface area contributed by atoms with Crippen molar-refractivity contribution in [2.24, 2.45) is 5.73 Å². The number of Topliss-reactive ketones (excluding diaryl/α,β-unsaturated/α-hetero) is 2. The van der Waals surface area contributed by atoms with E-state index in [0.717, 1.165) is 11.1 Å². The summed E-state index contributed by atoms with van der Waals surface area (Å²) in [5.74, 6) is -2.29. The summed E-state index contributed by atoms with van der Waals surface area (Å²) in [6, 6.07) is 15.4. The van der Waals surface area contributed by atoms with Crippen molar-refractivity contribution in [1.82, 2.24) is 21.3 Å². The van der Waals surface area contributed by atoms with Gasteiger partial charge < -0.3 is 45.9 Å². The molecule has 56 heavy (non-hydrogen) atoms. The first-order valence-electron chi connectivity index (χ1n) is 19.3. The molecule has 0 spiro atoms. The van der Waals surface area contributed by atoms with Crippen LogP contribution in [-0.4, -0.2) is 120 Å². The van der Waals surface area contributed by atoms with E-state index in [0.29, 0.717) is 65.6 Å². The number of carbonyl (C=O) groups excluding carboxylic acids is 6. The van der Waals surface area contributed by atoms with Gasteiger partial charge in [0.25, 0.3) is 0 Å². The molecular weight excluding hydrogens is 722 g/mol. The van der Waals surface area contributed by atoms with Gasteiger partial charge >= 0.3 is 0 Å². The van der Waals surface area contributed by atoms with E-state index < -0.39 is 29.9 Å². The lowest BCUT2D eigenvalue weighted by Gasteiger charge is -2.21. The van der Waals surface area contributed by atoms with Crippen LogP contribution in [0.4, 0.5) is 0 Å². The predicted molar refractivity (Wildman–Crippen MR) is 210 cm³/mol. The molecule has 0 saturated heterocycles. The van der Waals surface area contributed by atoms with E-state index in [4.69, 9.17) is 24.7 Å². The van der Waals surface area contributed by atoms with Crippen LogP contribution in [-0.2, 0) is 60.6 Å². The summed E-state index contributed by atoms with van der Waals surface area (Å²) < 4.78 is 20.6. The molecule has 15 heteroatoms. The zero-order valence-electron chi connectivity index (χ0n) is 32.9. The van der Waals surface area contributed by atoms with Gasteiger partial charge in [-0.2, -0.15) is 0 Å². The first kappa shape index (κ1) is 47.6. The Labute approximate surface area is 330 Å². The lowest BCUT2D eigenvalue weighted by atomic mass is 9.98. The Balaban J connectivity index is 1.90. The number of ketones is 2. The predicted octanol–water partition coefficient (Wildman–Crippen LogP) is 1.59. The van der Waals surface area contributed by atoms with Gasteiger partial charge in [-0.15, -0.1) is 0 Å². The van der Waals surface area contributed by atoms with E-state index in [9.17, 15) is 28.8 Å². The van der Waals surface area contributed by atoms with Gasteiger partial charge in [-0.05, 0) is 43.2 Å². The first-order valence-corrected chi connectivity index (χ1v) is 19.3. The molecule has 0 saturated carbocycles. The minimum atomic E-state index is -1.13. The number of hydrogen-bond donors (Lipinski definition) is 5. The number of methoxy groups -OCH3 is 2. The highest BCUT2D eigenvalue weighted by molar-refractivity contribution is 5.94. The highest BCUT2D eigenvalue weighted by Gasteiger charge is 2.26. The van der Waals surface area contributed by atoms with Gasteiger partial charge in [-0.3, -0.25) is 28.8 Å². The molecule has 2 aromatic carbocycles. The Hall–Kier alpha value is -4.54. The zero-order valence-corrected chi connectivity index (χ0v) is 32.9. The molecular formula is C41H61N5O10. The second-order valence-corrected chi connectivity index (χ2v) is 13.3. The Morgan fingerprint density at radius 1 is 0.554 bits per heavy atom. The molecule has 15 nitrogen and oxygen atoms in total. The maximum absolute atomic E-state index is 13.3. The van der Waals surface area contributed by atoms with Gasteiger partial charge in [-0.1, -0.05) is 60.7 Å². The van der Waals surface area contributed by atoms with E-state index in [-0.39, 0.29) is 74.7 Å². The standard InChI is InChI=1S/C41H61N5O10/c1-53-25-27-55-23-9-21-43-38(49)19-16-36(47)34(29-31-11-5-3-6-12-31)45-40(51)18-15-33(42)41(52)46-35(30-32-13-7-4-8-14-32)37(48)17-20-39(50)44-22-10-24-56-28-26-54-2/h3-8,11-14,33-35H,9-10,15-30,42H2,1-2H3,(H,43,49)(H,44,50)(H,45,51)(H,46,52). The average molecular weight is 784 g/mol. The van der Waals surface area contributed by atoms with Crippen molar-refractivity contribution >= 4 is 35.2 Å². The topological polar surface area (TPSA) is 213 Å². The third kappa shape index (κ3) is 22.1. The Bertz CT molecular complexity index is 1450. The third-order valence-corrected chi connectivity index (χ3v) is 8.65. The molecule has 0 aromatic heterocycles. The summed E-state index contributed by atoms with van der Waals surface area (Å²) in [7, 11) is 3.18. The monoisotopic (exact) mass is 783 g/mol. The number of carbonyl (C=O) groups is 6. The lowest BCUT2D eigenvalue weighted by molar-refractivity contribution is -0.130. The van der Waals surface area contributed by atoms with E-state index in [1.807, 2.05) is 60.7 Å². The Morgan fingerprint density at radius 2 is 1.00 bits per heavy atom. The number of hydrogen-bond acceptors (Lipinski definition) is 11. The summed E-state index contributed by atoms with van der Waals surface area (Å²) >= 11 is 0. The van der Waals surface area contributed by atoms with E-state index in [1.54, 1.807) is 14.2 Å². The molecule has 0 heterocycles. The van der Waals surface area contributed by atoms with Crippen LogP contribution in [0, 0.1) is 0 Å². The van der Waals surface area contributed by atoms with Gasteiger partial charge in [0.2, 0.25) is 23.6 Å². The van der Waals surface area contributed by atoms with Crippen LogP contribution < -0.4 is 27.0 Å². The number of nitrogens with one attached hydrogen (secondary N) is 4. The fourth-order valence-corrected chi connectivity index (χ4v) is 5.44. The molecule has 0 bridgehead atoms. The molecule has 0 radical (unpaired) electrons. The van der Waals surface area contributed by atoms with Crippen LogP contribution in [0.15, 0.2) is 60.7 Å². The third-order valence-electron chi connectivity index (χ3n) is 8.65. The van der Waals surface area contributed by atoms with Crippen LogP contribution in [0.2, 0.25) is 0 Å². The maximum atomic E-state index is 13.3. The normalized spacial score (nSPS) is 12.6. The molecule has 3 unspecified atom stereocenters. The molecule has 0 aliphatic heterocycles. The lowest BCUT2D eigenvalue weighted by Crippen LogP contribution is -2.50. The van der Waals surface area contributed by atoms with Crippen molar-refractivity contribution in [3.63, 3.8) is 0 Å². The van der Waals surface area contributed by atoms with Gasteiger partial charge in [0.15, 0.2) is 11.6 Å². The maximum Gasteiger partial charge on any atom is 0.237 e. The molecule has 4 amide bonds. The number of ether oxygens (including phenoxy) is 4. The Morgan fingerprint density at radius 3 is 1.45 bits per heavy atom. The summed E-state index contributed by atoms with van der Waals surface area (Å²) in [4.78, 5) is 77.7. The number of rotatable bonds is 32. The zero-order chi connectivity index (χ0) is 40.8. The van der Waals surface area contributed by atoms with Crippen molar-refractivity contribution in [3.05, 3.63) is 71.8 Å². The summed E-state index contributed by atoms with van der Waals surface area (Å²) in [6.45, 7) is 3.67. The quantitative estimate of drug-likeness (QED) is 0.0673. The largest absolute Gasteiger partial charge is 0.382 e. The molecule has 3 atom stereocenters. The number of amides is 4. The molecule has 2 aromatic rings. The fourth-order valence-electron chi connectivity index (χ4n) is 5.44. The number of nitrogens with two attached hydrogens (primary N) is 1. The van der Waals surface area contributed by atoms with Crippen LogP contribution in [0.5, 0.6) is 0 Å². The van der Waals surface area contributed by atoms with Crippen LogP contribution in [0.25, 0.3) is 0 Å². The van der Waals surface area contributed by atoms with Crippen molar-refractivity contribution in [2.75, 3.05) is 67.0 Å². The average Bonchev–Trinajstić information content (AvgIpc) is 3.20. The summed E-state index contributed by atoms with van der Waals surface area (Å²) in [5, 5.41) is 11.0. The van der Waals surface area contributed by atoms with Gasteiger partial charge in [0.1, 0.15) is 0 Å². The van der Waals surface area contributed by atoms with Gasteiger partial charge in [0.05, 0.1) is 44.6 Å². The fraction of sp³-hybridized carbons (Fsp3) is 0.561. The van der Waals surface area contributed by atoms with Crippen molar-refractivity contribution in [1.29, 1.82) is 0 Å². The smallest absolute Gasteiger partial charge is 0.237 e. The van der Waals surface area contributed by atoms with E-state index in [1.165, 1.54) is 0 Å². The van der Waals surface area contributed by atoms with E-state index in [2.05, 4.69) is 21.3 Å². The summed E-state index contributed by atoms with van der Waals surface area (Å²) in [6.07, 6.45) is 1.21. The van der Waals surface area contributed by atoms with Crippen molar-refractivity contribution in [3.8, 4) is 0 Å².